The highest BCUT2D eigenvalue weighted by Crippen LogP contribution is 2.15. The number of hydrogen-bond donors (Lipinski definition) is 2. The third kappa shape index (κ3) is 1.41. The first kappa shape index (κ1) is 8.62. The van der Waals surface area contributed by atoms with Crippen LogP contribution in [0, 0.1) is 10.1 Å². The lowest BCUT2D eigenvalue weighted by atomic mass is 10.4. The number of hydrazine groups is 1. The molecule has 1 aromatic rings. The molecule has 0 atom stereocenters. The van der Waals surface area contributed by atoms with Crippen molar-refractivity contribution < 1.29 is 4.92 Å². The summed E-state index contributed by atoms with van der Waals surface area (Å²) < 4.78 is 1.41. The fourth-order valence-corrected chi connectivity index (χ4v) is 0.905. The molecule has 1 aromatic heterocycles. The Morgan fingerprint density at radius 1 is 1.92 bits per heavy atom. The Bertz CT molecular complexity index is 294. The lowest BCUT2D eigenvalue weighted by Gasteiger charge is -1.98. The normalized spacial score (nSPS) is 10.2. The molecule has 1 heterocycles. The summed E-state index contributed by atoms with van der Waals surface area (Å²) in [5.41, 5.74) is 2.78. The minimum absolute atomic E-state index is 0.0181. The van der Waals surface area contributed by atoms with Crippen LogP contribution in [-0.4, -0.2) is 14.7 Å². The average Bonchev–Trinajstić information content (AvgIpc) is 2.34. The number of nitrogens with one attached hydrogen (secondary N) is 1. The van der Waals surface area contributed by atoms with Gasteiger partial charge in [0.1, 0.15) is 11.9 Å². The van der Waals surface area contributed by atoms with E-state index in [0.717, 1.165) is 0 Å². The van der Waals surface area contributed by atoms with E-state index in [1.165, 1.54) is 10.9 Å². The zero-order valence-electron chi connectivity index (χ0n) is 6.52. The van der Waals surface area contributed by atoms with E-state index in [1.54, 1.807) is 7.05 Å². The van der Waals surface area contributed by atoms with Gasteiger partial charge in [-0.3, -0.25) is 26.1 Å². The maximum absolute atomic E-state index is 10.4. The van der Waals surface area contributed by atoms with E-state index >= 15 is 0 Å². The summed E-state index contributed by atoms with van der Waals surface area (Å²) in [5.74, 6) is 5.04. The zero-order chi connectivity index (χ0) is 9.14. The molecule has 1 rings (SSSR count). The zero-order valence-corrected chi connectivity index (χ0v) is 6.52. The van der Waals surface area contributed by atoms with Crippen LogP contribution in [0.3, 0.4) is 0 Å². The fourth-order valence-electron chi connectivity index (χ4n) is 0.905. The SMILES string of the molecule is Cn1ncc([N+](=O)[O-])c1CNN. The highest BCUT2D eigenvalue weighted by Gasteiger charge is 2.17. The van der Waals surface area contributed by atoms with Gasteiger partial charge in [-0.05, 0) is 0 Å². The molecule has 0 aliphatic rings. The van der Waals surface area contributed by atoms with Crippen molar-refractivity contribution in [3.05, 3.63) is 22.0 Å². The second kappa shape index (κ2) is 3.28. The molecule has 3 N–H and O–H groups in total. The van der Waals surface area contributed by atoms with Gasteiger partial charge in [0.2, 0.25) is 0 Å². The average molecular weight is 171 g/mol. The Kier molecular flexibility index (Phi) is 2.36. The second-order valence-electron chi connectivity index (χ2n) is 2.24. The molecule has 0 aliphatic carbocycles. The van der Waals surface area contributed by atoms with Crippen molar-refractivity contribution in [3.63, 3.8) is 0 Å². The highest BCUT2D eigenvalue weighted by atomic mass is 16.6. The van der Waals surface area contributed by atoms with Crippen LogP contribution in [-0.2, 0) is 13.6 Å². The lowest BCUT2D eigenvalue weighted by molar-refractivity contribution is -0.385. The van der Waals surface area contributed by atoms with Crippen LogP contribution in [0.1, 0.15) is 5.69 Å². The minimum Gasteiger partial charge on any atom is -0.271 e. The first-order chi connectivity index (χ1) is 5.66. The third-order valence-electron chi connectivity index (χ3n) is 1.51. The topological polar surface area (TPSA) is 99.0 Å². The number of aryl methyl sites for hydroxylation is 1. The molecule has 7 nitrogen and oxygen atoms in total. The van der Waals surface area contributed by atoms with Gasteiger partial charge < -0.3 is 0 Å². The van der Waals surface area contributed by atoms with Crippen LogP contribution in [0.5, 0.6) is 0 Å². The van der Waals surface area contributed by atoms with Gasteiger partial charge in [0, 0.05) is 7.05 Å². The first-order valence-corrected chi connectivity index (χ1v) is 3.25. The predicted molar refractivity (Wildman–Crippen MR) is 40.9 cm³/mol. The second-order valence-corrected chi connectivity index (χ2v) is 2.24. The van der Waals surface area contributed by atoms with Gasteiger partial charge in [0.15, 0.2) is 0 Å². The van der Waals surface area contributed by atoms with E-state index in [0.29, 0.717) is 5.69 Å². The summed E-state index contributed by atoms with van der Waals surface area (Å²) in [6.45, 7) is 0.229. The quantitative estimate of drug-likeness (QED) is 0.355. The van der Waals surface area contributed by atoms with Crippen molar-refractivity contribution in [1.29, 1.82) is 0 Å². The van der Waals surface area contributed by atoms with Gasteiger partial charge in [-0.25, -0.2) is 0 Å². The van der Waals surface area contributed by atoms with E-state index < -0.39 is 4.92 Å². The number of nitrogens with zero attached hydrogens (tertiary/aromatic N) is 3. The first-order valence-electron chi connectivity index (χ1n) is 3.25. The predicted octanol–water partition coefficient (Wildman–Crippen LogP) is -0.708. The van der Waals surface area contributed by atoms with Crippen LogP contribution < -0.4 is 11.3 Å². The van der Waals surface area contributed by atoms with Crippen molar-refractivity contribution in [2.24, 2.45) is 12.9 Å². The molecule has 0 saturated carbocycles. The third-order valence-corrected chi connectivity index (χ3v) is 1.51. The molecule has 12 heavy (non-hydrogen) atoms. The molecule has 0 spiro atoms. The van der Waals surface area contributed by atoms with E-state index in [2.05, 4.69) is 10.5 Å². The van der Waals surface area contributed by atoms with Gasteiger partial charge >= 0.3 is 5.69 Å². The number of hydrogen-bond acceptors (Lipinski definition) is 5. The number of nitro groups is 1. The molecule has 0 aromatic carbocycles. The number of aromatic nitrogens is 2. The van der Waals surface area contributed by atoms with Crippen molar-refractivity contribution in [2.45, 2.75) is 6.54 Å². The van der Waals surface area contributed by atoms with Gasteiger partial charge in [-0.2, -0.15) is 5.10 Å². The lowest BCUT2D eigenvalue weighted by Crippen LogP contribution is -2.23. The van der Waals surface area contributed by atoms with Crippen molar-refractivity contribution >= 4 is 5.69 Å². The Hall–Kier alpha value is -1.47. The molecule has 0 saturated heterocycles. The molecule has 0 bridgehead atoms. The Balaban J connectivity index is 3.03. The highest BCUT2D eigenvalue weighted by molar-refractivity contribution is 5.32. The fraction of sp³-hybridized carbons (Fsp3) is 0.400. The van der Waals surface area contributed by atoms with Crippen LogP contribution in [0.4, 0.5) is 5.69 Å². The molecular formula is C5H9N5O2. The van der Waals surface area contributed by atoms with Crippen molar-refractivity contribution in [1.82, 2.24) is 15.2 Å². The Labute approximate surface area is 68.3 Å². The van der Waals surface area contributed by atoms with Crippen molar-refractivity contribution in [3.8, 4) is 0 Å². The van der Waals surface area contributed by atoms with Crippen molar-refractivity contribution in [2.75, 3.05) is 0 Å². The van der Waals surface area contributed by atoms with Gasteiger partial charge in [-0.15, -0.1) is 0 Å². The molecule has 0 radical (unpaired) electrons. The van der Waals surface area contributed by atoms with Gasteiger partial charge in [0.05, 0.1) is 11.5 Å². The maximum atomic E-state index is 10.4. The summed E-state index contributed by atoms with van der Waals surface area (Å²) in [5, 5.41) is 14.1. The van der Waals surface area contributed by atoms with E-state index in [-0.39, 0.29) is 12.2 Å². The number of rotatable bonds is 3. The van der Waals surface area contributed by atoms with Crippen LogP contribution in [0.15, 0.2) is 6.20 Å². The molecule has 7 heteroatoms. The van der Waals surface area contributed by atoms with Crippen LogP contribution in [0.2, 0.25) is 0 Å². The summed E-state index contributed by atoms with van der Waals surface area (Å²) in [6.07, 6.45) is 1.20. The molecular weight excluding hydrogens is 162 g/mol. The molecule has 0 fully saturated rings. The summed E-state index contributed by atoms with van der Waals surface area (Å²) in [6, 6.07) is 0. The monoisotopic (exact) mass is 171 g/mol. The molecule has 0 amide bonds. The van der Waals surface area contributed by atoms with E-state index in [1.807, 2.05) is 0 Å². The summed E-state index contributed by atoms with van der Waals surface area (Å²) in [4.78, 5) is 9.91. The Morgan fingerprint density at radius 3 is 3.08 bits per heavy atom. The maximum Gasteiger partial charge on any atom is 0.311 e. The molecule has 66 valence electrons. The summed E-state index contributed by atoms with van der Waals surface area (Å²) >= 11 is 0. The minimum atomic E-state index is -0.486. The number of nitrogens with two attached hydrogens (primary N) is 1. The molecule has 0 unspecified atom stereocenters. The molecule has 0 aliphatic heterocycles. The smallest absolute Gasteiger partial charge is 0.271 e. The van der Waals surface area contributed by atoms with Gasteiger partial charge in [0.25, 0.3) is 0 Å². The van der Waals surface area contributed by atoms with Crippen LogP contribution in [0.25, 0.3) is 0 Å². The van der Waals surface area contributed by atoms with Gasteiger partial charge in [-0.1, -0.05) is 0 Å². The Morgan fingerprint density at radius 2 is 2.58 bits per heavy atom. The van der Waals surface area contributed by atoms with E-state index in [9.17, 15) is 10.1 Å². The standard InChI is InChI=1S/C5H9N5O2/c1-9-4(2-7-6)5(3-8-9)10(11)12/h3,7H,2,6H2,1H3. The van der Waals surface area contributed by atoms with E-state index in [4.69, 9.17) is 5.84 Å². The summed E-state index contributed by atoms with van der Waals surface area (Å²) in [7, 11) is 1.62. The van der Waals surface area contributed by atoms with Crippen LogP contribution >= 0.6 is 0 Å². The largest absolute Gasteiger partial charge is 0.311 e.